The SMILES string of the molecule is Cc1cc(F)ccc1NCc1ccc(Br)o1. The minimum Gasteiger partial charge on any atom is -0.452 e. The highest BCUT2D eigenvalue weighted by Crippen LogP contribution is 2.18. The summed E-state index contributed by atoms with van der Waals surface area (Å²) >= 11 is 3.24. The molecule has 1 aromatic heterocycles. The van der Waals surface area contributed by atoms with E-state index >= 15 is 0 Å². The second kappa shape index (κ2) is 4.70. The highest BCUT2D eigenvalue weighted by molar-refractivity contribution is 9.10. The lowest BCUT2D eigenvalue weighted by atomic mass is 10.2. The highest BCUT2D eigenvalue weighted by Gasteiger charge is 2.02. The number of hydrogen-bond donors (Lipinski definition) is 1. The lowest BCUT2D eigenvalue weighted by molar-refractivity contribution is 0.495. The summed E-state index contributed by atoms with van der Waals surface area (Å²) < 4.78 is 18.9. The van der Waals surface area contributed by atoms with Gasteiger partial charge in [0, 0.05) is 5.69 Å². The second-order valence-electron chi connectivity index (χ2n) is 3.52. The van der Waals surface area contributed by atoms with Crippen LogP contribution in [0.2, 0.25) is 0 Å². The fraction of sp³-hybridized carbons (Fsp3) is 0.167. The molecule has 0 fully saturated rings. The third kappa shape index (κ3) is 2.64. The second-order valence-corrected chi connectivity index (χ2v) is 4.30. The van der Waals surface area contributed by atoms with Gasteiger partial charge in [-0.1, -0.05) is 0 Å². The summed E-state index contributed by atoms with van der Waals surface area (Å²) in [6.07, 6.45) is 0. The molecule has 0 radical (unpaired) electrons. The van der Waals surface area contributed by atoms with Crippen molar-refractivity contribution < 1.29 is 8.81 Å². The Bertz CT molecular complexity index is 496. The topological polar surface area (TPSA) is 25.2 Å². The zero-order chi connectivity index (χ0) is 11.5. The quantitative estimate of drug-likeness (QED) is 0.917. The summed E-state index contributed by atoms with van der Waals surface area (Å²) in [4.78, 5) is 0. The third-order valence-corrected chi connectivity index (χ3v) is 2.70. The maximum Gasteiger partial charge on any atom is 0.169 e. The molecular weight excluding hydrogens is 273 g/mol. The average molecular weight is 284 g/mol. The summed E-state index contributed by atoms with van der Waals surface area (Å²) in [6, 6.07) is 8.39. The van der Waals surface area contributed by atoms with Crippen LogP contribution in [0.25, 0.3) is 0 Å². The number of nitrogens with one attached hydrogen (secondary N) is 1. The summed E-state index contributed by atoms with van der Waals surface area (Å²) in [6.45, 7) is 2.45. The van der Waals surface area contributed by atoms with Gasteiger partial charge in [-0.25, -0.2) is 4.39 Å². The number of aryl methyl sites for hydroxylation is 1. The first-order chi connectivity index (χ1) is 7.65. The van der Waals surface area contributed by atoms with E-state index in [1.54, 1.807) is 6.07 Å². The van der Waals surface area contributed by atoms with Crippen LogP contribution >= 0.6 is 15.9 Å². The van der Waals surface area contributed by atoms with E-state index in [1.807, 2.05) is 19.1 Å². The van der Waals surface area contributed by atoms with Gasteiger partial charge in [0.2, 0.25) is 0 Å². The molecule has 2 nitrogen and oxygen atoms in total. The van der Waals surface area contributed by atoms with E-state index in [0.29, 0.717) is 11.2 Å². The predicted molar refractivity (Wildman–Crippen MR) is 64.9 cm³/mol. The molecule has 0 spiro atoms. The Morgan fingerprint density at radius 2 is 2.12 bits per heavy atom. The van der Waals surface area contributed by atoms with E-state index in [-0.39, 0.29) is 5.82 Å². The molecule has 0 atom stereocenters. The molecule has 84 valence electrons. The molecule has 1 N–H and O–H groups in total. The van der Waals surface area contributed by atoms with Crippen LogP contribution in [0.15, 0.2) is 39.4 Å². The van der Waals surface area contributed by atoms with E-state index in [2.05, 4.69) is 21.2 Å². The summed E-state index contributed by atoms with van der Waals surface area (Å²) in [5.41, 5.74) is 1.79. The Kier molecular flexibility index (Phi) is 3.29. The van der Waals surface area contributed by atoms with Crippen molar-refractivity contribution >= 4 is 21.6 Å². The number of rotatable bonds is 3. The largest absolute Gasteiger partial charge is 0.452 e. The van der Waals surface area contributed by atoms with Crippen molar-refractivity contribution in [3.8, 4) is 0 Å². The molecular formula is C12H11BrFNO. The lowest BCUT2D eigenvalue weighted by Gasteiger charge is -2.07. The number of halogens is 2. The predicted octanol–water partition coefficient (Wildman–Crippen LogP) is 4.10. The molecule has 1 aromatic carbocycles. The summed E-state index contributed by atoms with van der Waals surface area (Å²) in [5, 5.41) is 3.19. The van der Waals surface area contributed by atoms with Crippen molar-refractivity contribution in [1.82, 2.24) is 0 Å². The van der Waals surface area contributed by atoms with E-state index in [0.717, 1.165) is 17.0 Å². The van der Waals surface area contributed by atoms with Crippen molar-refractivity contribution in [3.63, 3.8) is 0 Å². The van der Waals surface area contributed by atoms with Gasteiger partial charge in [-0.15, -0.1) is 0 Å². The van der Waals surface area contributed by atoms with Crippen molar-refractivity contribution in [1.29, 1.82) is 0 Å². The van der Waals surface area contributed by atoms with Gasteiger partial charge >= 0.3 is 0 Å². The van der Waals surface area contributed by atoms with E-state index in [1.165, 1.54) is 12.1 Å². The van der Waals surface area contributed by atoms with Crippen LogP contribution in [-0.2, 0) is 6.54 Å². The zero-order valence-electron chi connectivity index (χ0n) is 8.76. The van der Waals surface area contributed by atoms with Crippen LogP contribution in [0.1, 0.15) is 11.3 Å². The molecule has 1 heterocycles. The number of anilines is 1. The molecule has 2 aromatic rings. The van der Waals surface area contributed by atoms with Crippen LogP contribution in [0.5, 0.6) is 0 Å². The van der Waals surface area contributed by atoms with Crippen LogP contribution in [0.3, 0.4) is 0 Å². The molecule has 0 aliphatic rings. The Hall–Kier alpha value is -1.29. The molecule has 0 saturated carbocycles. The lowest BCUT2D eigenvalue weighted by Crippen LogP contribution is -2.00. The summed E-state index contributed by atoms with van der Waals surface area (Å²) in [7, 11) is 0. The monoisotopic (exact) mass is 283 g/mol. The first kappa shape index (κ1) is 11.2. The molecule has 0 amide bonds. The third-order valence-electron chi connectivity index (χ3n) is 2.27. The number of furan rings is 1. The first-order valence-electron chi connectivity index (χ1n) is 4.89. The van der Waals surface area contributed by atoms with Gasteiger partial charge in [-0.3, -0.25) is 0 Å². The molecule has 16 heavy (non-hydrogen) atoms. The van der Waals surface area contributed by atoms with Gasteiger partial charge in [0.15, 0.2) is 4.67 Å². The van der Waals surface area contributed by atoms with Crippen molar-refractivity contribution in [2.24, 2.45) is 0 Å². The Morgan fingerprint density at radius 1 is 1.31 bits per heavy atom. The number of benzene rings is 1. The zero-order valence-corrected chi connectivity index (χ0v) is 10.3. The molecule has 0 bridgehead atoms. The Morgan fingerprint density at radius 3 is 2.75 bits per heavy atom. The maximum atomic E-state index is 12.9. The van der Waals surface area contributed by atoms with Gasteiger partial charge < -0.3 is 9.73 Å². The van der Waals surface area contributed by atoms with E-state index in [9.17, 15) is 4.39 Å². The fourth-order valence-electron chi connectivity index (χ4n) is 1.45. The normalized spacial score (nSPS) is 10.4. The summed E-state index contributed by atoms with van der Waals surface area (Å²) in [5.74, 6) is 0.611. The molecule has 4 heteroatoms. The fourth-order valence-corrected chi connectivity index (χ4v) is 1.79. The molecule has 0 aliphatic heterocycles. The first-order valence-corrected chi connectivity index (χ1v) is 5.69. The molecule has 0 saturated heterocycles. The van der Waals surface area contributed by atoms with Gasteiger partial charge in [-0.2, -0.15) is 0 Å². The van der Waals surface area contributed by atoms with Gasteiger partial charge in [-0.05, 0) is 58.7 Å². The van der Waals surface area contributed by atoms with Crippen LogP contribution < -0.4 is 5.32 Å². The molecule has 0 unspecified atom stereocenters. The van der Waals surface area contributed by atoms with Crippen LogP contribution in [0, 0.1) is 12.7 Å². The van der Waals surface area contributed by atoms with Crippen LogP contribution in [-0.4, -0.2) is 0 Å². The molecule has 2 rings (SSSR count). The highest BCUT2D eigenvalue weighted by atomic mass is 79.9. The van der Waals surface area contributed by atoms with Crippen molar-refractivity contribution in [2.75, 3.05) is 5.32 Å². The number of hydrogen-bond acceptors (Lipinski definition) is 2. The minimum absolute atomic E-state index is 0.219. The van der Waals surface area contributed by atoms with Gasteiger partial charge in [0.05, 0.1) is 6.54 Å². The minimum atomic E-state index is -0.219. The van der Waals surface area contributed by atoms with E-state index < -0.39 is 0 Å². The Balaban J connectivity index is 2.04. The smallest absolute Gasteiger partial charge is 0.169 e. The standard InChI is InChI=1S/C12H11BrFNO/c1-8-6-9(14)2-4-11(8)15-7-10-3-5-12(13)16-10/h2-6,15H,7H2,1H3. The Labute approximate surface area is 102 Å². The van der Waals surface area contributed by atoms with E-state index in [4.69, 9.17) is 4.42 Å². The van der Waals surface area contributed by atoms with Crippen molar-refractivity contribution in [2.45, 2.75) is 13.5 Å². The maximum absolute atomic E-state index is 12.9. The van der Waals surface area contributed by atoms with Crippen LogP contribution in [0.4, 0.5) is 10.1 Å². The van der Waals surface area contributed by atoms with Gasteiger partial charge in [0.1, 0.15) is 11.6 Å². The van der Waals surface area contributed by atoms with Gasteiger partial charge in [0.25, 0.3) is 0 Å². The molecule has 0 aliphatic carbocycles. The average Bonchev–Trinajstić information content (AvgIpc) is 2.63. The van der Waals surface area contributed by atoms with Crippen molar-refractivity contribution in [3.05, 3.63) is 52.1 Å².